The Kier molecular flexibility index (Phi) is 7.97. The van der Waals surface area contributed by atoms with Crippen LogP contribution in [-0.4, -0.2) is 21.7 Å². The zero-order valence-electron chi connectivity index (χ0n) is 19.0. The number of benzene rings is 4. The fraction of sp³-hybridized carbons (Fsp3) is 0.111. The Hall–Kier alpha value is -3.46. The molecule has 0 saturated carbocycles. The van der Waals surface area contributed by atoms with Gasteiger partial charge in [0.05, 0.1) is 9.85 Å². The van der Waals surface area contributed by atoms with Crippen LogP contribution in [0.4, 0.5) is 11.4 Å². The summed E-state index contributed by atoms with van der Waals surface area (Å²) in [6.45, 7) is 2.28. The average Bonchev–Trinajstić information content (AvgIpc) is 2.88. The van der Waals surface area contributed by atoms with Crippen LogP contribution in [0.15, 0.2) is 97.1 Å². The normalized spacial score (nSPS) is 12.4. The highest BCUT2D eigenvalue weighted by molar-refractivity contribution is 7.51. The van der Waals surface area contributed by atoms with Crippen molar-refractivity contribution >= 4 is 39.1 Å². The molecule has 0 aliphatic heterocycles. The van der Waals surface area contributed by atoms with E-state index in [4.69, 9.17) is 0 Å². The van der Waals surface area contributed by atoms with E-state index in [0.717, 1.165) is 37.0 Å². The SMILES string of the molecule is C[C@H](CPc1ccc(-c2ccc([N+](=O)[O-])cc2)cc1)Pc1ccc(-c2ccc([N+](=O)[O-])cc2)cc1. The number of nitro benzene ring substituents is 2. The van der Waals surface area contributed by atoms with Gasteiger partial charge in [-0.3, -0.25) is 20.2 Å². The molecule has 176 valence electrons. The number of hydrogen-bond acceptors (Lipinski definition) is 4. The summed E-state index contributed by atoms with van der Waals surface area (Å²) < 4.78 is 0. The summed E-state index contributed by atoms with van der Waals surface area (Å²) in [5, 5.41) is 24.3. The second-order valence-electron chi connectivity index (χ2n) is 8.19. The van der Waals surface area contributed by atoms with Gasteiger partial charge in [0.25, 0.3) is 11.4 Å². The fourth-order valence-electron chi connectivity index (χ4n) is 3.70. The van der Waals surface area contributed by atoms with Gasteiger partial charge in [0, 0.05) is 24.3 Å². The van der Waals surface area contributed by atoms with Gasteiger partial charge < -0.3 is 0 Å². The molecule has 3 atom stereocenters. The van der Waals surface area contributed by atoms with Crippen LogP contribution in [0, 0.1) is 20.2 Å². The molecule has 2 unspecified atom stereocenters. The molecule has 0 amide bonds. The van der Waals surface area contributed by atoms with Crippen LogP contribution < -0.4 is 10.6 Å². The number of nitro groups is 2. The maximum absolute atomic E-state index is 10.8. The molecule has 4 aromatic rings. The molecule has 0 aromatic heterocycles. The quantitative estimate of drug-likeness (QED) is 0.148. The second-order valence-corrected chi connectivity index (χ2v) is 11.4. The number of non-ortho nitro benzene ring substituents is 2. The predicted molar refractivity (Wildman–Crippen MR) is 147 cm³/mol. The van der Waals surface area contributed by atoms with E-state index in [2.05, 4.69) is 55.5 Å². The molecule has 0 N–H and O–H groups in total. The summed E-state index contributed by atoms with van der Waals surface area (Å²) in [6.07, 6.45) is 1.11. The van der Waals surface area contributed by atoms with Gasteiger partial charge in [-0.1, -0.05) is 72.6 Å². The fourth-order valence-corrected chi connectivity index (χ4v) is 6.28. The summed E-state index contributed by atoms with van der Waals surface area (Å²) in [4.78, 5) is 20.9. The summed E-state index contributed by atoms with van der Waals surface area (Å²) in [5.74, 6) is 0. The second kappa shape index (κ2) is 11.3. The number of hydrogen-bond donors (Lipinski definition) is 0. The summed E-state index contributed by atoms with van der Waals surface area (Å²) >= 11 is 0. The Morgan fingerprint density at radius 1 is 0.600 bits per heavy atom. The summed E-state index contributed by atoms with van der Waals surface area (Å²) in [6, 6.07) is 30.2. The van der Waals surface area contributed by atoms with Gasteiger partial charge in [0.2, 0.25) is 0 Å². The van der Waals surface area contributed by atoms with E-state index in [9.17, 15) is 20.2 Å². The minimum Gasteiger partial charge on any atom is -0.258 e. The molecule has 0 bridgehead atoms. The molecule has 4 aromatic carbocycles. The average molecular weight is 502 g/mol. The van der Waals surface area contributed by atoms with E-state index in [1.165, 1.54) is 34.9 Å². The molecule has 0 aliphatic carbocycles. The van der Waals surface area contributed by atoms with E-state index in [1.54, 1.807) is 24.3 Å². The highest BCUT2D eigenvalue weighted by Crippen LogP contribution is 2.28. The molecule has 0 fully saturated rings. The molecule has 35 heavy (non-hydrogen) atoms. The third-order valence-electron chi connectivity index (χ3n) is 5.62. The van der Waals surface area contributed by atoms with Crippen molar-refractivity contribution in [2.75, 3.05) is 6.16 Å². The van der Waals surface area contributed by atoms with Gasteiger partial charge in [-0.25, -0.2) is 0 Å². The lowest BCUT2D eigenvalue weighted by molar-refractivity contribution is -0.385. The van der Waals surface area contributed by atoms with E-state index in [0.29, 0.717) is 14.2 Å². The van der Waals surface area contributed by atoms with Crippen molar-refractivity contribution in [2.24, 2.45) is 0 Å². The molecule has 0 aliphatic rings. The Morgan fingerprint density at radius 2 is 0.943 bits per heavy atom. The van der Waals surface area contributed by atoms with Crippen LogP contribution in [0.5, 0.6) is 0 Å². The van der Waals surface area contributed by atoms with E-state index in [1.807, 2.05) is 0 Å². The van der Waals surface area contributed by atoms with Crippen molar-refractivity contribution < 1.29 is 9.85 Å². The smallest absolute Gasteiger partial charge is 0.258 e. The molecule has 0 heterocycles. The number of rotatable bonds is 9. The van der Waals surface area contributed by atoms with Crippen LogP contribution in [0.25, 0.3) is 22.3 Å². The van der Waals surface area contributed by atoms with Gasteiger partial charge in [-0.15, -0.1) is 0 Å². The minimum absolute atomic E-state index is 0.0995. The van der Waals surface area contributed by atoms with Gasteiger partial charge in [0.15, 0.2) is 0 Å². The number of nitrogens with zero attached hydrogens (tertiary/aromatic N) is 2. The maximum atomic E-state index is 10.8. The first-order valence-electron chi connectivity index (χ1n) is 11.1. The van der Waals surface area contributed by atoms with Crippen molar-refractivity contribution in [1.29, 1.82) is 0 Å². The van der Waals surface area contributed by atoms with Crippen molar-refractivity contribution in [3.63, 3.8) is 0 Å². The first-order chi connectivity index (χ1) is 16.9. The van der Waals surface area contributed by atoms with Crippen LogP contribution >= 0.6 is 17.2 Å². The first-order valence-corrected chi connectivity index (χ1v) is 13.4. The molecular weight excluding hydrogens is 478 g/mol. The van der Waals surface area contributed by atoms with Crippen LogP contribution in [0.1, 0.15) is 6.92 Å². The molecule has 0 spiro atoms. The molecule has 4 rings (SSSR count). The van der Waals surface area contributed by atoms with Crippen LogP contribution in [0.3, 0.4) is 0 Å². The third-order valence-corrected chi connectivity index (χ3v) is 8.95. The monoisotopic (exact) mass is 502 g/mol. The van der Waals surface area contributed by atoms with Gasteiger partial charge >= 0.3 is 0 Å². The van der Waals surface area contributed by atoms with Gasteiger partial charge in [-0.05, 0) is 68.9 Å². The van der Waals surface area contributed by atoms with E-state index < -0.39 is 0 Å². The topological polar surface area (TPSA) is 86.3 Å². The standard InChI is InChI=1S/C27H24N2O4P2/c1-19(35-27-16-8-23(9-17-27)21-4-12-25(13-5-21)29(32)33)18-34-26-14-6-22(7-15-26)20-2-10-24(11-3-20)28(30)31/h2-17,19,34-35H,18H2,1H3/t19-/m1/s1. The lowest BCUT2D eigenvalue weighted by atomic mass is 10.1. The zero-order chi connectivity index (χ0) is 24.8. The summed E-state index contributed by atoms with van der Waals surface area (Å²) in [5.41, 5.74) is 4.81. The molecular formula is C27H24N2O4P2. The van der Waals surface area contributed by atoms with Crippen molar-refractivity contribution in [2.45, 2.75) is 12.6 Å². The Bertz CT molecular complexity index is 1310. The molecule has 0 saturated heterocycles. The first kappa shape index (κ1) is 24.7. The lowest BCUT2D eigenvalue weighted by Crippen LogP contribution is -2.07. The Labute approximate surface area is 207 Å². The highest BCUT2D eigenvalue weighted by atomic mass is 31.1. The summed E-state index contributed by atoms with van der Waals surface area (Å²) in [7, 11) is 1.43. The molecule has 6 nitrogen and oxygen atoms in total. The minimum atomic E-state index is -0.386. The lowest BCUT2D eigenvalue weighted by Gasteiger charge is -2.13. The zero-order valence-corrected chi connectivity index (χ0v) is 21.0. The van der Waals surface area contributed by atoms with Crippen molar-refractivity contribution in [3.8, 4) is 22.3 Å². The van der Waals surface area contributed by atoms with Gasteiger partial charge in [0.1, 0.15) is 0 Å². The molecule has 0 radical (unpaired) electrons. The van der Waals surface area contributed by atoms with E-state index >= 15 is 0 Å². The third kappa shape index (κ3) is 6.57. The van der Waals surface area contributed by atoms with Crippen molar-refractivity contribution in [1.82, 2.24) is 0 Å². The maximum Gasteiger partial charge on any atom is 0.269 e. The Morgan fingerprint density at radius 3 is 1.31 bits per heavy atom. The van der Waals surface area contributed by atoms with E-state index in [-0.39, 0.29) is 21.2 Å². The molecule has 8 heteroatoms. The van der Waals surface area contributed by atoms with Crippen molar-refractivity contribution in [3.05, 3.63) is 117 Å². The van der Waals surface area contributed by atoms with Crippen LogP contribution in [-0.2, 0) is 0 Å². The Balaban J connectivity index is 1.29. The van der Waals surface area contributed by atoms with Gasteiger partial charge in [-0.2, -0.15) is 0 Å². The highest BCUT2D eigenvalue weighted by Gasteiger charge is 2.08. The predicted octanol–water partition coefficient (Wildman–Crippen LogP) is 6.53. The largest absolute Gasteiger partial charge is 0.269 e. The van der Waals surface area contributed by atoms with Crippen LogP contribution in [0.2, 0.25) is 0 Å².